The zero-order valence-corrected chi connectivity index (χ0v) is 8.08. The molecule has 0 aromatic carbocycles. The van der Waals surface area contributed by atoms with E-state index >= 15 is 0 Å². The number of nitrogens with one attached hydrogen (secondary N) is 1. The number of alkyl carbamates (subject to hydrolysis) is 1. The van der Waals surface area contributed by atoms with Gasteiger partial charge in [0.2, 0.25) is 0 Å². The average Bonchev–Trinajstić information content (AvgIpc) is 2.09. The summed E-state index contributed by atoms with van der Waals surface area (Å²) in [6.07, 6.45) is 3.94. The molecule has 1 amide bonds. The Bertz CT molecular complexity index is 173. The highest BCUT2D eigenvalue weighted by molar-refractivity contribution is 5.67. The summed E-state index contributed by atoms with van der Waals surface area (Å²) < 4.78 is 4.79. The lowest BCUT2D eigenvalue weighted by molar-refractivity contribution is 0.143. The van der Waals surface area contributed by atoms with Gasteiger partial charge in [-0.15, -0.1) is 0 Å². The van der Waals surface area contributed by atoms with Crippen molar-refractivity contribution >= 4 is 6.09 Å². The van der Waals surface area contributed by atoms with Crippen LogP contribution in [0.1, 0.15) is 32.6 Å². The van der Waals surface area contributed by atoms with E-state index in [4.69, 9.17) is 10.5 Å². The molecular formula is C9H18N2O2. The van der Waals surface area contributed by atoms with Crippen molar-refractivity contribution in [2.75, 3.05) is 6.61 Å². The molecule has 2 atom stereocenters. The number of carbonyl (C=O) groups excluding carboxylic acids is 1. The Kier molecular flexibility index (Phi) is 4.02. The fourth-order valence-corrected chi connectivity index (χ4v) is 1.66. The van der Waals surface area contributed by atoms with E-state index in [2.05, 4.69) is 5.32 Å². The van der Waals surface area contributed by atoms with Gasteiger partial charge in [-0.3, -0.25) is 0 Å². The Morgan fingerprint density at radius 3 is 2.85 bits per heavy atom. The van der Waals surface area contributed by atoms with Crippen molar-refractivity contribution in [3.63, 3.8) is 0 Å². The van der Waals surface area contributed by atoms with Crippen molar-refractivity contribution in [2.45, 2.75) is 44.7 Å². The van der Waals surface area contributed by atoms with Crippen LogP contribution in [0.3, 0.4) is 0 Å². The summed E-state index contributed by atoms with van der Waals surface area (Å²) in [4.78, 5) is 11.1. The lowest BCUT2D eigenvalue weighted by Crippen LogP contribution is -2.49. The average molecular weight is 186 g/mol. The highest BCUT2D eigenvalue weighted by Crippen LogP contribution is 2.16. The van der Waals surface area contributed by atoms with Crippen LogP contribution in [0.15, 0.2) is 0 Å². The first-order valence-electron chi connectivity index (χ1n) is 4.93. The molecule has 13 heavy (non-hydrogen) atoms. The maximum atomic E-state index is 11.1. The van der Waals surface area contributed by atoms with Crippen molar-refractivity contribution in [3.05, 3.63) is 0 Å². The number of hydrogen-bond acceptors (Lipinski definition) is 3. The van der Waals surface area contributed by atoms with Gasteiger partial charge in [0, 0.05) is 12.1 Å². The standard InChI is InChI=1S/C9H18N2O2/c1-2-13-9(12)11-8-6-4-3-5-7(8)10/h7-8H,2-6,10H2,1H3,(H,11,12)/t7-,8-/m1/s1. The fourth-order valence-electron chi connectivity index (χ4n) is 1.66. The van der Waals surface area contributed by atoms with Gasteiger partial charge in [-0.1, -0.05) is 12.8 Å². The summed E-state index contributed by atoms with van der Waals surface area (Å²) in [5.41, 5.74) is 5.85. The van der Waals surface area contributed by atoms with E-state index in [9.17, 15) is 4.79 Å². The van der Waals surface area contributed by atoms with Crippen molar-refractivity contribution < 1.29 is 9.53 Å². The minimum atomic E-state index is -0.343. The summed E-state index contributed by atoms with van der Waals surface area (Å²) in [5.74, 6) is 0. The third-order valence-electron chi connectivity index (χ3n) is 2.40. The molecule has 1 aliphatic carbocycles. The molecule has 0 spiro atoms. The van der Waals surface area contributed by atoms with Gasteiger partial charge < -0.3 is 15.8 Å². The zero-order valence-electron chi connectivity index (χ0n) is 8.08. The van der Waals surface area contributed by atoms with Crippen molar-refractivity contribution in [1.29, 1.82) is 0 Å². The number of rotatable bonds is 2. The summed E-state index contributed by atoms with van der Waals surface area (Å²) in [5, 5.41) is 2.78. The summed E-state index contributed by atoms with van der Waals surface area (Å²) in [7, 11) is 0. The Morgan fingerprint density at radius 2 is 2.23 bits per heavy atom. The van der Waals surface area contributed by atoms with Crippen LogP contribution in [0.5, 0.6) is 0 Å². The van der Waals surface area contributed by atoms with Gasteiger partial charge in [0.05, 0.1) is 6.61 Å². The molecule has 1 rings (SSSR count). The van der Waals surface area contributed by atoms with Crippen LogP contribution in [-0.4, -0.2) is 24.8 Å². The summed E-state index contributed by atoms with van der Waals surface area (Å²) in [6.45, 7) is 2.20. The van der Waals surface area contributed by atoms with Crippen molar-refractivity contribution in [2.24, 2.45) is 5.73 Å². The molecule has 0 bridgehead atoms. The third-order valence-corrected chi connectivity index (χ3v) is 2.40. The summed E-state index contributed by atoms with van der Waals surface area (Å²) in [6, 6.07) is 0.200. The van der Waals surface area contributed by atoms with E-state index in [1.54, 1.807) is 6.92 Å². The van der Waals surface area contributed by atoms with Gasteiger partial charge in [0.25, 0.3) is 0 Å². The smallest absolute Gasteiger partial charge is 0.407 e. The summed E-state index contributed by atoms with van der Waals surface area (Å²) >= 11 is 0. The highest BCUT2D eigenvalue weighted by atomic mass is 16.5. The number of hydrogen-bond donors (Lipinski definition) is 2. The second kappa shape index (κ2) is 5.07. The predicted octanol–water partition coefficient (Wildman–Crippen LogP) is 1.00. The molecule has 1 aliphatic rings. The van der Waals surface area contributed by atoms with Gasteiger partial charge in [-0.25, -0.2) is 4.79 Å². The van der Waals surface area contributed by atoms with Crippen LogP contribution in [-0.2, 0) is 4.74 Å². The molecule has 0 aliphatic heterocycles. The molecular weight excluding hydrogens is 168 g/mol. The third kappa shape index (κ3) is 3.22. The van der Waals surface area contributed by atoms with E-state index in [0.717, 1.165) is 19.3 Å². The minimum absolute atomic E-state index is 0.0955. The normalized spacial score (nSPS) is 28.2. The number of nitrogens with two attached hydrogens (primary N) is 1. The Morgan fingerprint density at radius 1 is 1.54 bits per heavy atom. The van der Waals surface area contributed by atoms with Gasteiger partial charge in [0.1, 0.15) is 0 Å². The van der Waals surface area contributed by atoms with E-state index in [1.807, 2.05) is 0 Å². The van der Waals surface area contributed by atoms with Gasteiger partial charge in [-0.05, 0) is 19.8 Å². The van der Waals surface area contributed by atoms with Crippen LogP contribution < -0.4 is 11.1 Å². The van der Waals surface area contributed by atoms with E-state index < -0.39 is 0 Å². The van der Waals surface area contributed by atoms with Crippen LogP contribution >= 0.6 is 0 Å². The van der Waals surface area contributed by atoms with Crippen LogP contribution in [0.2, 0.25) is 0 Å². The SMILES string of the molecule is CCOC(=O)N[C@@H]1CCCC[C@H]1N. The Balaban J connectivity index is 2.29. The first-order chi connectivity index (χ1) is 6.24. The van der Waals surface area contributed by atoms with Gasteiger partial charge in [0.15, 0.2) is 0 Å². The largest absolute Gasteiger partial charge is 0.450 e. The molecule has 0 aromatic rings. The van der Waals surface area contributed by atoms with Crippen LogP contribution in [0, 0.1) is 0 Å². The minimum Gasteiger partial charge on any atom is -0.450 e. The molecule has 1 fully saturated rings. The van der Waals surface area contributed by atoms with Crippen LogP contribution in [0.4, 0.5) is 4.79 Å². The number of amides is 1. The molecule has 4 nitrogen and oxygen atoms in total. The molecule has 0 unspecified atom stereocenters. The molecule has 0 aromatic heterocycles. The van der Waals surface area contributed by atoms with E-state index in [1.165, 1.54) is 6.42 Å². The lowest BCUT2D eigenvalue weighted by atomic mass is 9.91. The van der Waals surface area contributed by atoms with Crippen molar-refractivity contribution in [3.8, 4) is 0 Å². The maximum Gasteiger partial charge on any atom is 0.407 e. The van der Waals surface area contributed by atoms with Gasteiger partial charge in [-0.2, -0.15) is 0 Å². The quantitative estimate of drug-likeness (QED) is 0.676. The van der Waals surface area contributed by atoms with E-state index in [-0.39, 0.29) is 18.2 Å². The second-order valence-corrected chi connectivity index (χ2v) is 3.42. The Labute approximate surface area is 78.8 Å². The molecule has 4 heteroatoms. The Hall–Kier alpha value is -0.770. The van der Waals surface area contributed by atoms with Crippen molar-refractivity contribution in [1.82, 2.24) is 5.32 Å². The molecule has 3 N–H and O–H groups in total. The molecule has 76 valence electrons. The van der Waals surface area contributed by atoms with Gasteiger partial charge >= 0.3 is 6.09 Å². The molecule has 0 radical (unpaired) electrons. The number of ether oxygens (including phenoxy) is 1. The fraction of sp³-hybridized carbons (Fsp3) is 0.889. The first kappa shape index (κ1) is 10.3. The molecule has 1 saturated carbocycles. The zero-order chi connectivity index (χ0) is 9.68. The first-order valence-corrected chi connectivity index (χ1v) is 4.93. The number of carbonyl (C=O) groups is 1. The second-order valence-electron chi connectivity index (χ2n) is 3.42. The van der Waals surface area contributed by atoms with Crippen LogP contribution in [0.25, 0.3) is 0 Å². The molecule has 0 heterocycles. The topological polar surface area (TPSA) is 64.3 Å². The monoisotopic (exact) mass is 186 g/mol. The predicted molar refractivity (Wildman–Crippen MR) is 50.4 cm³/mol. The van der Waals surface area contributed by atoms with E-state index in [0.29, 0.717) is 6.61 Å². The molecule has 0 saturated heterocycles. The highest BCUT2D eigenvalue weighted by Gasteiger charge is 2.23. The maximum absolute atomic E-state index is 11.1. The lowest BCUT2D eigenvalue weighted by Gasteiger charge is -2.28.